The molecule has 20 heavy (non-hydrogen) atoms. The van der Waals surface area contributed by atoms with Crippen LogP contribution in [0.1, 0.15) is 69.1 Å². The van der Waals surface area contributed by atoms with Crippen LogP contribution in [0.3, 0.4) is 0 Å². The number of benzene rings is 1. The van der Waals surface area contributed by atoms with E-state index in [1.165, 1.54) is 12.8 Å². The minimum Gasteiger partial charge on any atom is -0.207 e. The molecule has 112 valence electrons. The fraction of sp³-hybridized carbons (Fsp3) is 0.667. The van der Waals surface area contributed by atoms with E-state index < -0.39 is 0 Å². The molecule has 1 aromatic carbocycles. The fourth-order valence-electron chi connectivity index (χ4n) is 3.93. The second-order valence-corrected chi connectivity index (χ2v) is 6.19. The number of hydrogen-bond donors (Lipinski definition) is 0. The van der Waals surface area contributed by atoms with Crippen molar-refractivity contribution in [2.75, 3.05) is 0 Å². The Kier molecular flexibility index (Phi) is 4.82. The molecule has 1 aromatic rings. The lowest BCUT2D eigenvalue weighted by Crippen LogP contribution is -2.28. The first-order valence-electron chi connectivity index (χ1n) is 8.05. The third-order valence-corrected chi connectivity index (χ3v) is 4.99. The minimum atomic E-state index is -0.370. The first-order valence-corrected chi connectivity index (χ1v) is 8.05. The van der Waals surface area contributed by atoms with Crippen LogP contribution in [-0.2, 0) is 6.42 Å². The van der Waals surface area contributed by atoms with Crippen LogP contribution < -0.4 is 0 Å². The molecule has 0 aromatic heterocycles. The van der Waals surface area contributed by atoms with Gasteiger partial charge in [-0.05, 0) is 67.6 Å². The summed E-state index contributed by atoms with van der Waals surface area (Å²) in [5.74, 6) is 1.15. The van der Waals surface area contributed by atoms with Crippen molar-refractivity contribution in [2.45, 2.75) is 65.7 Å². The van der Waals surface area contributed by atoms with Crippen LogP contribution in [0.15, 0.2) is 6.07 Å². The Morgan fingerprint density at radius 1 is 1.10 bits per heavy atom. The molecular weight excluding hydrogens is 254 g/mol. The predicted molar refractivity (Wildman–Crippen MR) is 80.0 cm³/mol. The summed E-state index contributed by atoms with van der Waals surface area (Å²) in [5, 5.41) is 0. The van der Waals surface area contributed by atoms with Crippen LogP contribution >= 0.6 is 0 Å². The summed E-state index contributed by atoms with van der Waals surface area (Å²) >= 11 is 0. The zero-order valence-electron chi connectivity index (χ0n) is 13.1. The van der Waals surface area contributed by atoms with Gasteiger partial charge in [0.25, 0.3) is 0 Å². The Balaban J connectivity index is 0.000000704. The maximum atomic E-state index is 14.1. The third-order valence-electron chi connectivity index (χ3n) is 4.99. The van der Waals surface area contributed by atoms with Crippen LogP contribution in [-0.4, -0.2) is 0 Å². The SMILES string of the molecule is CC.Cc1c(F)cc2c(c1F)CCC1CC(C)CCC21. The van der Waals surface area contributed by atoms with Crippen molar-refractivity contribution in [1.82, 2.24) is 0 Å². The lowest BCUT2D eigenvalue weighted by molar-refractivity contribution is 0.219. The molecule has 3 atom stereocenters. The first-order chi connectivity index (χ1) is 9.58. The van der Waals surface area contributed by atoms with E-state index in [0.717, 1.165) is 36.3 Å². The summed E-state index contributed by atoms with van der Waals surface area (Å²) in [6.45, 7) is 7.84. The Hall–Kier alpha value is -0.920. The van der Waals surface area contributed by atoms with Crippen LogP contribution in [0, 0.1) is 30.4 Å². The average molecular weight is 280 g/mol. The van der Waals surface area contributed by atoms with Crippen molar-refractivity contribution in [3.63, 3.8) is 0 Å². The maximum absolute atomic E-state index is 14.1. The van der Waals surface area contributed by atoms with E-state index >= 15 is 0 Å². The molecule has 0 heterocycles. The molecular formula is C18H26F2. The highest BCUT2D eigenvalue weighted by Gasteiger charge is 2.35. The standard InChI is InChI=1S/C16H20F2.C2H6/c1-9-3-5-12-11(7-9)4-6-13-14(12)8-15(17)10(2)16(13)18;1-2/h8-9,11-12H,3-7H2,1-2H3;1-2H3. The molecule has 1 fully saturated rings. The number of rotatable bonds is 0. The zero-order chi connectivity index (χ0) is 14.9. The summed E-state index contributed by atoms with van der Waals surface area (Å²) in [6, 6.07) is 1.61. The molecule has 0 radical (unpaired) electrons. The van der Waals surface area contributed by atoms with E-state index in [1.807, 2.05) is 13.8 Å². The van der Waals surface area contributed by atoms with Gasteiger partial charge in [-0.3, -0.25) is 0 Å². The van der Waals surface area contributed by atoms with Gasteiger partial charge in [-0.1, -0.05) is 27.2 Å². The average Bonchev–Trinajstić information content (AvgIpc) is 2.46. The highest BCUT2D eigenvalue weighted by molar-refractivity contribution is 5.39. The van der Waals surface area contributed by atoms with Crippen molar-refractivity contribution in [3.8, 4) is 0 Å². The topological polar surface area (TPSA) is 0 Å². The van der Waals surface area contributed by atoms with Crippen molar-refractivity contribution in [3.05, 3.63) is 34.4 Å². The lowest BCUT2D eigenvalue weighted by atomic mass is 9.65. The van der Waals surface area contributed by atoms with Gasteiger partial charge in [-0.25, -0.2) is 8.78 Å². The zero-order valence-corrected chi connectivity index (χ0v) is 13.1. The summed E-state index contributed by atoms with van der Waals surface area (Å²) in [7, 11) is 0. The quantitative estimate of drug-likeness (QED) is 0.566. The molecule has 0 spiro atoms. The van der Waals surface area contributed by atoms with E-state index in [4.69, 9.17) is 0 Å². The van der Waals surface area contributed by atoms with Gasteiger partial charge in [-0.15, -0.1) is 0 Å². The van der Waals surface area contributed by atoms with Gasteiger partial charge >= 0.3 is 0 Å². The van der Waals surface area contributed by atoms with E-state index in [1.54, 1.807) is 13.0 Å². The second kappa shape index (κ2) is 6.24. The van der Waals surface area contributed by atoms with Gasteiger partial charge in [0.2, 0.25) is 0 Å². The molecule has 2 aliphatic rings. The van der Waals surface area contributed by atoms with Crippen LogP contribution in [0.2, 0.25) is 0 Å². The molecule has 0 saturated heterocycles. The molecule has 0 bridgehead atoms. The van der Waals surface area contributed by atoms with Crippen LogP contribution in [0.25, 0.3) is 0 Å². The van der Waals surface area contributed by atoms with Crippen molar-refractivity contribution < 1.29 is 8.78 Å². The van der Waals surface area contributed by atoms with Gasteiger partial charge in [-0.2, -0.15) is 0 Å². The van der Waals surface area contributed by atoms with Crippen molar-refractivity contribution >= 4 is 0 Å². The Bertz CT molecular complexity index is 479. The molecule has 3 unspecified atom stereocenters. The van der Waals surface area contributed by atoms with Crippen LogP contribution in [0.5, 0.6) is 0 Å². The van der Waals surface area contributed by atoms with Crippen LogP contribution in [0.4, 0.5) is 8.78 Å². The van der Waals surface area contributed by atoms with Gasteiger partial charge in [0.1, 0.15) is 11.6 Å². The Labute approximate surface area is 121 Å². The molecule has 2 heteroatoms. The Morgan fingerprint density at radius 2 is 1.80 bits per heavy atom. The number of fused-ring (bicyclic) bond motifs is 3. The Morgan fingerprint density at radius 3 is 2.50 bits per heavy atom. The predicted octanol–water partition coefficient (Wildman–Crippen LogP) is 5.77. The van der Waals surface area contributed by atoms with Gasteiger partial charge < -0.3 is 0 Å². The van der Waals surface area contributed by atoms with Gasteiger partial charge in [0.15, 0.2) is 0 Å². The molecule has 0 nitrogen and oxygen atoms in total. The number of hydrogen-bond acceptors (Lipinski definition) is 0. The summed E-state index contributed by atoms with van der Waals surface area (Å²) in [4.78, 5) is 0. The van der Waals surface area contributed by atoms with E-state index in [0.29, 0.717) is 11.8 Å². The normalized spacial score (nSPS) is 28.0. The molecule has 3 rings (SSSR count). The summed E-state index contributed by atoms with van der Waals surface area (Å²) < 4.78 is 27.9. The lowest BCUT2D eigenvalue weighted by Gasteiger charge is -2.40. The molecule has 1 saturated carbocycles. The second-order valence-electron chi connectivity index (χ2n) is 6.19. The molecule has 0 aliphatic heterocycles. The van der Waals surface area contributed by atoms with E-state index in [2.05, 4.69) is 6.92 Å². The maximum Gasteiger partial charge on any atom is 0.132 e. The number of halogens is 2. The molecule has 2 aliphatic carbocycles. The minimum absolute atomic E-state index is 0.191. The third kappa shape index (κ3) is 2.62. The highest BCUT2D eigenvalue weighted by atomic mass is 19.1. The highest BCUT2D eigenvalue weighted by Crippen LogP contribution is 2.47. The largest absolute Gasteiger partial charge is 0.207 e. The van der Waals surface area contributed by atoms with Crippen molar-refractivity contribution in [2.24, 2.45) is 11.8 Å². The monoisotopic (exact) mass is 280 g/mol. The summed E-state index contributed by atoms with van der Waals surface area (Å²) in [6.07, 6.45) is 5.37. The first kappa shape index (κ1) is 15.5. The smallest absolute Gasteiger partial charge is 0.132 e. The summed E-state index contributed by atoms with van der Waals surface area (Å²) in [5.41, 5.74) is 1.96. The van der Waals surface area contributed by atoms with Crippen molar-refractivity contribution in [1.29, 1.82) is 0 Å². The fourth-order valence-corrected chi connectivity index (χ4v) is 3.93. The van der Waals surface area contributed by atoms with E-state index in [9.17, 15) is 8.78 Å². The van der Waals surface area contributed by atoms with E-state index in [-0.39, 0.29) is 17.2 Å². The van der Waals surface area contributed by atoms with Gasteiger partial charge in [0.05, 0.1) is 0 Å². The van der Waals surface area contributed by atoms with Gasteiger partial charge in [0, 0.05) is 5.56 Å². The molecule has 0 N–H and O–H groups in total. The molecule has 0 amide bonds.